The Labute approximate surface area is 194 Å². The summed E-state index contributed by atoms with van der Waals surface area (Å²) in [5.74, 6) is 1.23. The van der Waals surface area contributed by atoms with Crippen LogP contribution in [0.5, 0.6) is 11.5 Å². The second-order valence-electron chi connectivity index (χ2n) is 7.02. The van der Waals surface area contributed by atoms with Crippen molar-refractivity contribution < 1.29 is 19.1 Å². The van der Waals surface area contributed by atoms with Crippen molar-refractivity contribution in [3.8, 4) is 11.5 Å². The van der Waals surface area contributed by atoms with Crippen LogP contribution in [0.3, 0.4) is 0 Å². The molecule has 0 aliphatic carbocycles. The van der Waals surface area contributed by atoms with Gasteiger partial charge in [-0.2, -0.15) is 0 Å². The fourth-order valence-electron chi connectivity index (χ4n) is 3.07. The maximum absolute atomic E-state index is 12.4. The molecule has 0 fully saturated rings. The van der Waals surface area contributed by atoms with Crippen LogP contribution in [0.15, 0.2) is 71.9 Å². The van der Waals surface area contributed by atoms with Crippen LogP contribution in [0.4, 0.5) is 11.4 Å². The molecular weight excluding hydrogens is 440 g/mol. The number of aromatic nitrogens is 2. The Hall–Kier alpha value is -3.98. The molecule has 0 aliphatic heterocycles. The summed E-state index contributed by atoms with van der Waals surface area (Å²) in [6, 6.07) is 19.3. The van der Waals surface area contributed by atoms with E-state index >= 15 is 0 Å². The number of nitrogens with zero attached hydrogens (tertiary/aromatic N) is 1. The first kappa shape index (κ1) is 22.2. The van der Waals surface area contributed by atoms with Gasteiger partial charge in [0.25, 0.3) is 5.91 Å². The third kappa shape index (κ3) is 5.64. The maximum atomic E-state index is 12.4. The quantitative estimate of drug-likeness (QED) is 0.332. The van der Waals surface area contributed by atoms with E-state index in [4.69, 9.17) is 9.47 Å². The van der Waals surface area contributed by atoms with Crippen molar-refractivity contribution >= 4 is 46.0 Å². The zero-order chi connectivity index (χ0) is 23.2. The summed E-state index contributed by atoms with van der Waals surface area (Å²) in [5.41, 5.74) is 3.41. The van der Waals surface area contributed by atoms with Gasteiger partial charge in [0.2, 0.25) is 5.91 Å². The highest BCUT2D eigenvalue weighted by atomic mass is 32.2. The Morgan fingerprint density at radius 1 is 0.879 bits per heavy atom. The fourth-order valence-corrected chi connectivity index (χ4v) is 3.76. The van der Waals surface area contributed by atoms with Gasteiger partial charge in [-0.3, -0.25) is 9.59 Å². The average molecular weight is 463 g/mol. The smallest absolute Gasteiger partial charge is 0.255 e. The van der Waals surface area contributed by atoms with E-state index in [-0.39, 0.29) is 17.6 Å². The number of hydrogen-bond donors (Lipinski definition) is 3. The molecule has 0 spiro atoms. The molecule has 0 atom stereocenters. The van der Waals surface area contributed by atoms with Crippen molar-refractivity contribution in [3.63, 3.8) is 0 Å². The number of anilines is 2. The number of ether oxygens (including phenoxy) is 2. The molecule has 0 saturated carbocycles. The molecule has 8 nitrogen and oxygen atoms in total. The summed E-state index contributed by atoms with van der Waals surface area (Å²) in [7, 11) is 3.19. The molecule has 33 heavy (non-hydrogen) atoms. The van der Waals surface area contributed by atoms with Gasteiger partial charge in [-0.1, -0.05) is 11.8 Å². The number of thioether (sulfide) groups is 1. The van der Waals surface area contributed by atoms with Crippen LogP contribution >= 0.6 is 11.8 Å². The minimum Gasteiger partial charge on any atom is -0.497 e. The molecule has 3 aromatic carbocycles. The summed E-state index contributed by atoms with van der Waals surface area (Å²) >= 11 is 1.31. The monoisotopic (exact) mass is 462 g/mol. The molecule has 3 N–H and O–H groups in total. The number of aromatic amines is 1. The second-order valence-corrected chi connectivity index (χ2v) is 7.99. The van der Waals surface area contributed by atoms with Gasteiger partial charge in [-0.25, -0.2) is 4.98 Å². The molecule has 4 rings (SSSR count). The van der Waals surface area contributed by atoms with E-state index in [0.717, 1.165) is 16.8 Å². The first-order chi connectivity index (χ1) is 16.0. The lowest BCUT2D eigenvalue weighted by atomic mass is 10.2. The first-order valence-corrected chi connectivity index (χ1v) is 11.0. The lowest BCUT2D eigenvalue weighted by molar-refractivity contribution is -0.113. The van der Waals surface area contributed by atoms with Crippen LogP contribution in [0, 0.1) is 0 Å². The van der Waals surface area contributed by atoms with Crippen molar-refractivity contribution in [2.45, 2.75) is 5.16 Å². The summed E-state index contributed by atoms with van der Waals surface area (Å²) in [6.07, 6.45) is 0. The van der Waals surface area contributed by atoms with Crippen molar-refractivity contribution in [2.75, 3.05) is 30.6 Å². The number of benzene rings is 3. The number of carbonyl (C=O) groups excluding carboxylic acids is 2. The molecule has 4 aromatic rings. The molecule has 0 aliphatic rings. The minimum absolute atomic E-state index is 0.173. The molecule has 0 bridgehead atoms. The maximum Gasteiger partial charge on any atom is 0.255 e. The SMILES string of the molecule is COc1ccc(NC(=O)c2ccc(NC(=O)CSc3nc4ccc(OC)cc4[nH]3)cc2)cc1. The van der Waals surface area contributed by atoms with E-state index < -0.39 is 0 Å². The van der Waals surface area contributed by atoms with E-state index in [0.29, 0.717) is 27.8 Å². The molecule has 9 heteroatoms. The second kappa shape index (κ2) is 10.1. The third-order valence-corrected chi connectivity index (χ3v) is 5.66. The zero-order valence-electron chi connectivity index (χ0n) is 18.0. The topological polar surface area (TPSA) is 105 Å². The van der Waals surface area contributed by atoms with Crippen LogP contribution in [-0.2, 0) is 4.79 Å². The number of methoxy groups -OCH3 is 2. The Bertz CT molecular complexity index is 1270. The number of carbonyl (C=O) groups is 2. The van der Waals surface area contributed by atoms with Gasteiger partial charge in [0, 0.05) is 23.0 Å². The van der Waals surface area contributed by atoms with Gasteiger partial charge in [0.1, 0.15) is 11.5 Å². The number of imidazole rings is 1. The predicted octanol–water partition coefficient (Wildman–Crippen LogP) is 4.56. The number of amides is 2. The standard InChI is InChI=1S/C24H22N4O4S/c1-31-18-9-7-17(8-10-18)26-23(30)15-3-5-16(6-4-15)25-22(29)14-33-24-27-20-12-11-19(32-2)13-21(20)28-24/h3-13H,14H2,1-2H3,(H,25,29)(H,26,30)(H,27,28). The fraction of sp³-hybridized carbons (Fsp3) is 0.125. The molecule has 1 aromatic heterocycles. The Morgan fingerprint density at radius 2 is 1.52 bits per heavy atom. The van der Waals surface area contributed by atoms with Crippen LogP contribution in [-0.4, -0.2) is 41.8 Å². The lowest BCUT2D eigenvalue weighted by Gasteiger charge is -2.08. The zero-order valence-corrected chi connectivity index (χ0v) is 18.9. The average Bonchev–Trinajstić information content (AvgIpc) is 3.26. The Morgan fingerprint density at radius 3 is 2.21 bits per heavy atom. The van der Waals surface area contributed by atoms with E-state index in [1.807, 2.05) is 18.2 Å². The number of nitrogens with one attached hydrogen (secondary N) is 3. The van der Waals surface area contributed by atoms with Gasteiger partial charge in [0.05, 0.1) is 31.0 Å². The Balaban J connectivity index is 1.29. The molecule has 168 valence electrons. The van der Waals surface area contributed by atoms with Crippen molar-refractivity contribution in [2.24, 2.45) is 0 Å². The van der Waals surface area contributed by atoms with E-state index in [1.54, 1.807) is 62.8 Å². The van der Waals surface area contributed by atoms with Crippen molar-refractivity contribution in [1.29, 1.82) is 0 Å². The van der Waals surface area contributed by atoms with Gasteiger partial charge in [0.15, 0.2) is 5.16 Å². The summed E-state index contributed by atoms with van der Waals surface area (Å²) in [4.78, 5) is 32.4. The van der Waals surface area contributed by atoms with Crippen LogP contribution in [0.1, 0.15) is 10.4 Å². The van der Waals surface area contributed by atoms with Gasteiger partial charge >= 0.3 is 0 Å². The largest absolute Gasteiger partial charge is 0.497 e. The summed E-state index contributed by atoms with van der Waals surface area (Å²) in [6.45, 7) is 0. The number of fused-ring (bicyclic) bond motifs is 1. The van der Waals surface area contributed by atoms with Crippen molar-refractivity contribution in [1.82, 2.24) is 9.97 Å². The highest BCUT2D eigenvalue weighted by molar-refractivity contribution is 7.99. The normalized spacial score (nSPS) is 10.6. The Kier molecular flexibility index (Phi) is 6.80. The van der Waals surface area contributed by atoms with Gasteiger partial charge < -0.3 is 25.1 Å². The van der Waals surface area contributed by atoms with Gasteiger partial charge in [-0.15, -0.1) is 0 Å². The molecule has 0 saturated heterocycles. The first-order valence-electron chi connectivity index (χ1n) is 10.1. The van der Waals surface area contributed by atoms with Crippen LogP contribution in [0.2, 0.25) is 0 Å². The lowest BCUT2D eigenvalue weighted by Crippen LogP contribution is -2.15. The van der Waals surface area contributed by atoms with E-state index in [1.165, 1.54) is 11.8 Å². The van der Waals surface area contributed by atoms with E-state index in [2.05, 4.69) is 20.6 Å². The van der Waals surface area contributed by atoms with Crippen LogP contribution in [0.25, 0.3) is 11.0 Å². The molecule has 0 radical (unpaired) electrons. The molecule has 2 amide bonds. The highest BCUT2D eigenvalue weighted by Gasteiger charge is 2.10. The van der Waals surface area contributed by atoms with E-state index in [9.17, 15) is 9.59 Å². The minimum atomic E-state index is -0.241. The number of rotatable bonds is 8. The molecule has 1 heterocycles. The van der Waals surface area contributed by atoms with Crippen LogP contribution < -0.4 is 20.1 Å². The molecule has 0 unspecified atom stereocenters. The number of H-pyrrole nitrogens is 1. The van der Waals surface area contributed by atoms with Gasteiger partial charge in [-0.05, 0) is 60.7 Å². The van der Waals surface area contributed by atoms with Crippen molar-refractivity contribution in [3.05, 3.63) is 72.3 Å². The predicted molar refractivity (Wildman–Crippen MR) is 129 cm³/mol. The summed E-state index contributed by atoms with van der Waals surface area (Å²) < 4.78 is 10.3. The summed E-state index contributed by atoms with van der Waals surface area (Å²) in [5, 5.41) is 6.30. The number of hydrogen-bond acceptors (Lipinski definition) is 6. The molecular formula is C24H22N4O4S. The highest BCUT2D eigenvalue weighted by Crippen LogP contribution is 2.23. The third-order valence-electron chi connectivity index (χ3n) is 4.79.